The van der Waals surface area contributed by atoms with Crippen LogP contribution >= 0.6 is 0 Å². The van der Waals surface area contributed by atoms with Crippen LogP contribution in [0.2, 0.25) is 0 Å². The highest BCUT2D eigenvalue weighted by molar-refractivity contribution is 6.04. The van der Waals surface area contributed by atoms with Gasteiger partial charge in [-0.25, -0.2) is 14.4 Å². The SMILES string of the molecule is C=CC(=O)OCC(OC(=O)C=C)(OC(=O)C=C)C(=O)c1ccccc1. The molecule has 0 bridgehead atoms. The van der Waals surface area contributed by atoms with Gasteiger partial charge in [0.2, 0.25) is 0 Å². The largest absolute Gasteiger partial charge is 0.454 e. The zero-order valence-electron chi connectivity index (χ0n) is 13.3. The van der Waals surface area contributed by atoms with Crippen LogP contribution in [0.1, 0.15) is 10.4 Å². The van der Waals surface area contributed by atoms with Crippen LogP contribution < -0.4 is 0 Å². The molecule has 0 aliphatic rings. The van der Waals surface area contributed by atoms with Gasteiger partial charge < -0.3 is 14.2 Å². The highest BCUT2D eigenvalue weighted by Gasteiger charge is 2.48. The Bertz CT molecular complexity index is 681. The van der Waals surface area contributed by atoms with Crippen LogP contribution in [-0.2, 0) is 28.6 Å². The number of carbonyl (C=O) groups excluding carboxylic acids is 4. The number of rotatable bonds is 9. The number of ketones is 1. The molecule has 1 aromatic carbocycles. The molecule has 0 spiro atoms. The summed E-state index contributed by atoms with van der Waals surface area (Å²) in [5.41, 5.74) is 0.0610. The quantitative estimate of drug-likeness (QED) is 0.291. The van der Waals surface area contributed by atoms with E-state index in [4.69, 9.17) is 14.2 Å². The van der Waals surface area contributed by atoms with Crippen molar-refractivity contribution in [1.82, 2.24) is 0 Å². The monoisotopic (exact) mass is 344 g/mol. The Labute approximate surface area is 144 Å². The topological polar surface area (TPSA) is 96.0 Å². The molecule has 0 aliphatic carbocycles. The molecule has 1 rings (SSSR count). The summed E-state index contributed by atoms with van der Waals surface area (Å²) < 4.78 is 14.7. The molecule has 0 atom stereocenters. The summed E-state index contributed by atoms with van der Waals surface area (Å²) in [5, 5.41) is 0. The number of hydrogen-bond donors (Lipinski definition) is 0. The highest BCUT2D eigenvalue weighted by atomic mass is 16.8. The van der Waals surface area contributed by atoms with Crippen LogP contribution in [-0.4, -0.2) is 36.1 Å². The molecule has 7 nitrogen and oxygen atoms in total. The molecule has 0 unspecified atom stereocenters. The minimum atomic E-state index is -2.53. The number of hydrogen-bond acceptors (Lipinski definition) is 7. The molecule has 0 saturated heterocycles. The molecule has 7 heteroatoms. The molecule has 0 aliphatic heterocycles. The first kappa shape index (κ1) is 19.6. The fourth-order valence-electron chi connectivity index (χ4n) is 1.68. The molecule has 0 radical (unpaired) electrons. The van der Waals surface area contributed by atoms with Gasteiger partial charge in [-0.05, 0) is 0 Å². The van der Waals surface area contributed by atoms with Crippen LogP contribution in [0.4, 0.5) is 0 Å². The Balaban J connectivity index is 3.36. The third kappa shape index (κ3) is 5.28. The predicted molar refractivity (Wildman–Crippen MR) is 87.2 cm³/mol. The van der Waals surface area contributed by atoms with Crippen molar-refractivity contribution in [2.24, 2.45) is 0 Å². The molecule has 0 fully saturated rings. The van der Waals surface area contributed by atoms with Crippen molar-refractivity contribution in [2.45, 2.75) is 5.79 Å². The molecule has 1 aromatic rings. The standard InChI is InChI=1S/C18H16O7/c1-4-14(19)23-12-18(24-15(20)5-2,25-16(21)6-3)17(22)13-10-8-7-9-11-13/h4-11H,1-3,12H2. The van der Waals surface area contributed by atoms with E-state index in [1.165, 1.54) is 12.1 Å². The van der Waals surface area contributed by atoms with Crippen LogP contribution in [0, 0.1) is 0 Å². The summed E-state index contributed by atoms with van der Waals surface area (Å²) in [6.07, 6.45) is 2.37. The Morgan fingerprint density at radius 1 is 0.840 bits per heavy atom. The van der Waals surface area contributed by atoms with Gasteiger partial charge >= 0.3 is 23.7 Å². The highest BCUT2D eigenvalue weighted by Crippen LogP contribution is 2.22. The number of esters is 3. The fourth-order valence-corrected chi connectivity index (χ4v) is 1.68. The molecule has 25 heavy (non-hydrogen) atoms. The lowest BCUT2D eigenvalue weighted by Gasteiger charge is -2.29. The Morgan fingerprint density at radius 3 is 1.76 bits per heavy atom. The predicted octanol–water partition coefficient (Wildman–Crippen LogP) is 1.75. The fraction of sp³-hybridized carbons (Fsp3) is 0.111. The van der Waals surface area contributed by atoms with Gasteiger partial charge in [0.15, 0.2) is 6.61 Å². The lowest BCUT2D eigenvalue weighted by Crippen LogP contribution is -2.51. The first-order chi connectivity index (χ1) is 11.9. The van der Waals surface area contributed by atoms with E-state index in [9.17, 15) is 19.2 Å². The summed E-state index contributed by atoms with van der Waals surface area (Å²) in [7, 11) is 0. The van der Waals surface area contributed by atoms with Crippen LogP contribution in [0.5, 0.6) is 0 Å². The second kappa shape index (κ2) is 8.97. The Morgan fingerprint density at radius 2 is 1.32 bits per heavy atom. The van der Waals surface area contributed by atoms with E-state index >= 15 is 0 Å². The molecular weight excluding hydrogens is 328 g/mol. The van der Waals surface area contributed by atoms with E-state index in [0.717, 1.165) is 18.2 Å². The van der Waals surface area contributed by atoms with E-state index in [1.807, 2.05) is 0 Å². The van der Waals surface area contributed by atoms with Gasteiger partial charge in [0.25, 0.3) is 5.78 Å². The molecule has 0 saturated carbocycles. The maximum atomic E-state index is 12.8. The van der Waals surface area contributed by atoms with Gasteiger partial charge in [-0.15, -0.1) is 0 Å². The normalized spacial score (nSPS) is 10.1. The summed E-state index contributed by atoms with van der Waals surface area (Å²) in [4.78, 5) is 47.5. The number of ether oxygens (including phenoxy) is 3. The van der Waals surface area contributed by atoms with Crippen LogP contribution in [0.25, 0.3) is 0 Å². The van der Waals surface area contributed by atoms with E-state index < -0.39 is 36.1 Å². The third-order valence-electron chi connectivity index (χ3n) is 2.82. The summed E-state index contributed by atoms with van der Waals surface area (Å²) in [6.45, 7) is 8.78. The molecule has 0 amide bonds. The molecule has 0 N–H and O–H groups in total. The van der Waals surface area contributed by atoms with Gasteiger partial charge in [-0.3, -0.25) is 4.79 Å². The molecule has 0 heterocycles. The average molecular weight is 344 g/mol. The third-order valence-corrected chi connectivity index (χ3v) is 2.82. The molecule has 130 valence electrons. The van der Waals surface area contributed by atoms with Gasteiger partial charge in [0, 0.05) is 23.8 Å². The van der Waals surface area contributed by atoms with Gasteiger partial charge in [-0.2, -0.15) is 0 Å². The van der Waals surface area contributed by atoms with E-state index in [1.54, 1.807) is 18.2 Å². The summed E-state index contributed by atoms with van der Waals surface area (Å²) in [6, 6.07) is 7.59. The Kier molecular flexibility index (Phi) is 7.02. The zero-order valence-corrected chi connectivity index (χ0v) is 13.3. The first-order valence-corrected chi connectivity index (χ1v) is 6.98. The first-order valence-electron chi connectivity index (χ1n) is 6.98. The van der Waals surface area contributed by atoms with Crippen molar-refractivity contribution in [2.75, 3.05) is 6.61 Å². The van der Waals surface area contributed by atoms with Crippen molar-refractivity contribution in [3.05, 3.63) is 73.9 Å². The van der Waals surface area contributed by atoms with E-state index in [0.29, 0.717) is 0 Å². The number of benzene rings is 1. The van der Waals surface area contributed by atoms with E-state index in [-0.39, 0.29) is 5.56 Å². The summed E-state index contributed by atoms with van der Waals surface area (Å²) in [5.74, 6) is -6.46. The van der Waals surface area contributed by atoms with Gasteiger partial charge in [0.1, 0.15) is 0 Å². The van der Waals surface area contributed by atoms with Crippen molar-refractivity contribution in [1.29, 1.82) is 0 Å². The maximum absolute atomic E-state index is 12.8. The van der Waals surface area contributed by atoms with Gasteiger partial charge in [0.05, 0.1) is 0 Å². The van der Waals surface area contributed by atoms with Crippen molar-refractivity contribution in [3.8, 4) is 0 Å². The second-order valence-electron chi connectivity index (χ2n) is 4.51. The average Bonchev–Trinajstić information content (AvgIpc) is 2.65. The van der Waals surface area contributed by atoms with Gasteiger partial charge in [-0.1, -0.05) is 50.1 Å². The van der Waals surface area contributed by atoms with Crippen LogP contribution in [0.3, 0.4) is 0 Å². The lowest BCUT2D eigenvalue weighted by atomic mass is 10.0. The Hall–Kier alpha value is -3.48. The minimum absolute atomic E-state index is 0.0610. The van der Waals surface area contributed by atoms with Crippen molar-refractivity contribution >= 4 is 23.7 Å². The van der Waals surface area contributed by atoms with Crippen molar-refractivity contribution < 1.29 is 33.4 Å². The maximum Gasteiger partial charge on any atom is 0.356 e. The minimum Gasteiger partial charge on any atom is -0.454 e. The van der Waals surface area contributed by atoms with Crippen molar-refractivity contribution in [3.63, 3.8) is 0 Å². The molecular formula is C18H16O7. The molecule has 0 aromatic heterocycles. The zero-order chi connectivity index (χ0) is 18.9. The number of carbonyl (C=O) groups is 4. The van der Waals surface area contributed by atoms with Crippen LogP contribution in [0.15, 0.2) is 68.3 Å². The lowest BCUT2D eigenvalue weighted by molar-refractivity contribution is -0.217. The van der Waals surface area contributed by atoms with E-state index in [2.05, 4.69) is 19.7 Å². The number of Topliss-reactive ketones (excluding diaryl/α,β-unsaturated/α-hetero) is 1. The summed E-state index contributed by atoms with van der Waals surface area (Å²) >= 11 is 0. The second-order valence-corrected chi connectivity index (χ2v) is 4.51. The smallest absolute Gasteiger partial charge is 0.356 e.